The summed E-state index contributed by atoms with van der Waals surface area (Å²) in [5.74, 6) is -1.29. The van der Waals surface area contributed by atoms with E-state index in [2.05, 4.69) is 5.32 Å². The van der Waals surface area contributed by atoms with Gasteiger partial charge in [-0.2, -0.15) is 0 Å². The summed E-state index contributed by atoms with van der Waals surface area (Å²) < 4.78 is 13.0. The molecule has 0 fully saturated rings. The van der Waals surface area contributed by atoms with E-state index in [9.17, 15) is 14.0 Å². The molecule has 2 N–H and O–H groups in total. The molecular weight excluding hydrogens is 323 g/mol. The molecule has 0 spiro atoms. The number of nitrogens with one attached hydrogen (secondary N) is 1. The number of carbonyl (C=O) groups is 2. The Hall–Kier alpha value is -2.73. The zero-order valence-corrected chi connectivity index (χ0v) is 14.0. The molecule has 0 unspecified atom stereocenters. The average Bonchev–Trinajstić information content (AvgIpc) is 2.56. The lowest BCUT2D eigenvalue weighted by atomic mass is 10.1. The zero-order chi connectivity index (χ0) is 18.2. The number of hydrogen-bond donors (Lipinski definition) is 2. The minimum atomic E-state index is -0.856. The van der Waals surface area contributed by atoms with Gasteiger partial charge in [-0.3, -0.25) is 14.5 Å². The second-order valence-corrected chi connectivity index (χ2v) is 5.86. The van der Waals surface area contributed by atoms with Crippen molar-refractivity contribution in [3.05, 3.63) is 65.5 Å². The highest BCUT2D eigenvalue weighted by Gasteiger charge is 2.10. The fourth-order valence-corrected chi connectivity index (χ4v) is 2.47. The van der Waals surface area contributed by atoms with Crippen molar-refractivity contribution in [2.24, 2.45) is 0 Å². The maximum Gasteiger partial charge on any atom is 0.304 e. The largest absolute Gasteiger partial charge is 0.481 e. The number of benzene rings is 2. The molecule has 0 aliphatic heterocycles. The van der Waals surface area contributed by atoms with Gasteiger partial charge in [-0.05, 0) is 35.4 Å². The predicted octanol–water partition coefficient (Wildman–Crippen LogP) is 3.26. The first kappa shape index (κ1) is 18.6. The van der Waals surface area contributed by atoms with Crippen LogP contribution in [0.4, 0.5) is 10.1 Å². The minimum Gasteiger partial charge on any atom is -0.481 e. The molecule has 2 aromatic rings. The quantitative estimate of drug-likeness (QED) is 0.771. The Morgan fingerprint density at radius 2 is 1.52 bits per heavy atom. The van der Waals surface area contributed by atoms with Crippen molar-refractivity contribution < 1.29 is 19.1 Å². The van der Waals surface area contributed by atoms with Gasteiger partial charge in [-0.1, -0.05) is 24.3 Å². The van der Waals surface area contributed by atoms with Crippen LogP contribution in [0.2, 0.25) is 0 Å². The van der Waals surface area contributed by atoms with Crippen LogP contribution in [-0.2, 0) is 22.7 Å². The Morgan fingerprint density at radius 3 is 2.00 bits per heavy atom. The van der Waals surface area contributed by atoms with Crippen molar-refractivity contribution in [3.63, 3.8) is 0 Å². The standard InChI is InChI=1S/C19H21FN2O3/c1-14(23)21-18-8-4-16(5-9-18)13-22(11-10-19(24)25)12-15-2-6-17(20)7-3-15/h2-9H,10-13H2,1H3,(H,21,23)(H,24,25). The van der Waals surface area contributed by atoms with Crippen LogP contribution in [0.1, 0.15) is 24.5 Å². The van der Waals surface area contributed by atoms with E-state index in [4.69, 9.17) is 5.11 Å². The summed E-state index contributed by atoms with van der Waals surface area (Å²) in [6.45, 7) is 2.93. The molecule has 2 aromatic carbocycles. The van der Waals surface area contributed by atoms with Crippen LogP contribution in [-0.4, -0.2) is 28.4 Å². The van der Waals surface area contributed by atoms with Gasteiger partial charge in [0, 0.05) is 32.2 Å². The third-order valence-electron chi connectivity index (χ3n) is 3.64. The highest BCUT2D eigenvalue weighted by atomic mass is 19.1. The van der Waals surface area contributed by atoms with Crippen LogP contribution in [0.15, 0.2) is 48.5 Å². The van der Waals surface area contributed by atoms with Crippen molar-refractivity contribution in [2.45, 2.75) is 26.4 Å². The highest BCUT2D eigenvalue weighted by Crippen LogP contribution is 2.14. The Morgan fingerprint density at radius 1 is 1.00 bits per heavy atom. The highest BCUT2D eigenvalue weighted by molar-refractivity contribution is 5.88. The van der Waals surface area contributed by atoms with E-state index in [-0.39, 0.29) is 18.1 Å². The average molecular weight is 344 g/mol. The topological polar surface area (TPSA) is 69.6 Å². The lowest BCUT2D eigenvalue weighted by Gasteiger charge is -2.22. The van der Waals surface area contributed by atoms with Gasteiger partial charge in [0.25, 0.3) is 0 Å². The third kappa shape index (κ3) is 6.73. The van der Waals surface area contributed by atoms with E-state index >= 15 is 0 Å². The molecule has 5 nitrogen and oxygen atoms in total. The number of carbonyl (C=O) groups excluding carboxylic acids is 1. The van der Waals surface area contributed by atoms with Crippen LogP contribution >= 0.6 is 0 Å². The second kappa shape index (κ2) is 8.94. The number of rotatable bonds is 8. The number of aliphatic carboxylic acids is 1. The van der Waals surface area contributed by atoms with Crippen LogP contribution in [0.25, 0.3) is 0 Å². The van der Waals surface area contributed by atoms with Crippen molar-refractivity contribution in [1.82, 2.24) is 4.90 Å². The minimum absolute atomic E-state index is 0.0329. The molecular formula is C19H21FN2O3. The number of carboxylic acid groups (broad SMARTS) is 1. The van der Waals surface area contributed by atoms with E-state index in [0.717, 1.165) is 11.1 Å². The van der Waals surface area contributed by atoms with Crippen LogP contribution in [0.3, 0.4) is 0 Å². The summed E-state index contributed by atoms with van der Waals surface area (Å²) in [7, 11) is 0. The zero-order valence-electron chi connectivity index (χ0n) is 14.0. The van der Waals surface area contributed by atoms with Crippen LogP contribution in [0.5, 0.6) is 0 Å². The monoisotopic (exact) mass is 344 g/mol. The number of anilines is 1. The first-order chi connectivity index (χ1) is 11.9. The fraction of sp³-hybridized carbons (Fsp3) is 0.263. The van der Waals surface area contributed by atoms with Gasteiger partial charge >= 0.3 is 5.97 Å². The molecule has 0 aliphatic rings. The van der Waals surface area contributed by atoms with E-state index in [1.165, 1.54) is 19.1 Å². The first-order valence-electron chi connectivity index (χ1n) is 7.97. The van der Waals surface area contributed by atoms with E-state index in [1.54, 1.807) is 12.1 Å². The van der Waals surface area contributed by atoms with Crippen molar-refractivity contribution in [1.29, 1.82) is 0 Å². The Bertz CT molecular complexity index is 714. The molecule has 0 saturated carbocycles. The summed E-state index contributed by atoms with van der Waals surface area (Å²) in [5, 5.41) is 11.6. The molecule has 0 atom stereocenters. The molecule has 25 heavy (non-hydrogen) atoms. The summed E-state index contributed by atoms with van der Waals surface area (Å²) in [4.78, 5) is 23.9. The summed E-state index contributed by atoms with van der Waals surface area (Å²) >= 11 is 0. The maximum atomic E-state index is 13.0. The number of nitrogens with zero attached hydrogens (tertiary/aromatic N) is 1. The fourth-order valence-electron chi connectivity index (χ4n) is 2.47. The van der Waals surface area contributed by atoms with E-state index in [0.29, 0.717) is 25.3 Å². The van der Waals surface area contributed by atoms with Gasteiger partial charge in [0.1, 0.15) is 5.82 Å². The molecule has 0 aliphatic carbocycles. The third-order valence-corrected chi connectivity index (χ3v) is 3.64. The van der Waals surface area contributed by atoms with Gasteiger partial charge in [0.05, 0.1) is 6.42 Å². The lowest BCUT2D eigenvalue weighted by Crippen LogP contribution is -2.25. The predicted molar refractivity (Wildman–Crippen MR) is 93.5 cm³/mol. The second-order valence-electron chi connectivity index (χ2n) is 5.86. The Kier molecular flexibility index (Phi) is 6.65. The smallest absolute Gasteiger partial charge is 0.304 e. The lowest BCUT2D eigenvalue weighted by molar-refractivity contribution is -0.137. The number of hydrogen-bond acceptors (Lipinski definition) is 3. The van der Waals surface area contributed by atoms with Gasteiger partial charge in [0.15, 0.2) is 0 Å². The van der Waals surface area contributed by atoms with Gasteiger partial charge in [0.2, 0.25) is 5.91 Å². The molecule has 2 rings (SSSR count). The Labute approximate surface area is 146 Å². The van der Waals surface area contributed by atoms with Crippen LogP contribution < -0.4 is 5.32 Å². The molecule has 0 aromatic heterocycles. The number of carboxylic acids is 1. The molecule has 132 valence electrons. The van der Waals surface area contributed by atoms with Crippen molar-refractivity contribution in [3.8, 4) is 0 Å². The molecule has 0 bridgehead atoms. The molecule has 0 heterocycles. The van der Waals surface area contributed by atoms with Crippen LogP contribution in [0, 0.1) is 5.82 Å². The van der Waals surface area contributed by atoms with Crippen molar-refractivity contribution in [2.75, 3.05) is 11.9 Å². The molecule has 0 radical (unpaired) electrons. The summed E-state index contributed by atoms with van der Waals surface area (Å²) in [6, 6.07) is 13.6. The molecule has 0 saturated heterocycles. The van der Waals surface area contributed by atoms with Crippen molar-refractivity contribution >= 4 is 17.6 Å². The van der Waals surface area contributed by atoms with Gasteiger partial charge in [-0.15, -0.1) is 0 Å². The summed E-state index contributed by atoms with van der Waals surface area (Å²) in [5.41, 5.74) is 2.63. The number of amides is 1. The Balaban J connectivity index is 2.05. The van der Waals surface area contributed by atoms with E-state index in [1.807, 2.05) is 29.2 Å². The molecule has 1 amide bonds. The number of halogens is 1. The van der Waals surface area contributed by atoms with Gasteiger partial charge in [-0.25, -0.2) is 4.39 Å². The summed E-state index contributed by atoms with van der Waals surface area (Å²) in [6.07, 6.45) is 0.0329. The normalized spacial score (nSPS) is 10.7. The van der Waals surface area contributed by atoms with Gasteiger partial charge < -0.3 is 10.4 Å². The first-order valence-corrected chi connectivity index (χ1v) is 7.97. The SMILES string of the molecule is CC(=O)Nc1ccc(CN(CCC(=O)O)Cc2ccc(F)cc2)cc1. The molecule has 6 heteroatoms. The van der Waals surface area contributed by atoms with E-state index < -0.39 is 5.97 Å². The maximum absolute atomic E-state index is 13.0.